The molecule has 2 aromatic carbocycles. The SMILES string of the molecule is CC(C)C=C(C#N)C(=O)N(C)c1cccc(CC(NCC(F)(F)F)C(=O)NC(Cc2ccccc2)B2O[C@@H]3C[C@@H]4C[C@@H](C4(C)C)[C@]3(C)O2)c1. The third-order valence-corrected chi connectivity index (χ3v) is 10.7. The van der Waals surface area contributed by atoms with Crippen LogP contribution in [0.2, 0.25) is 0 Å². The molecule has 2 unspecified atom stereocenters. The maximum atomic E-state index is 14.0. The van der Waals surface area contributed by atoms with Crippen LogP contribution in [0.5, 0.6) is 0 Å². The van der Waals surface area contributed by atoms with E-state index < -0.39 is 49.2 Å². The Bertz CT molecular complexity index is 1590. The molecule has 0 aromatic heterocycles. The fourth-order valence-electron chi connectivity index (χ4n) is 7.85. The molecule has 4 fully saturated rings. The van der Waals surface area contributed by atoms with E-state index in [2.05, 4.69) is 31.4 Å². The van der Waals surface area contributed by atoms with Gasteiger partial charge in [0.1, 0.15) is 11.6 Å². The Balaban J connectivity index is 1.38. The van der Waals surface area contributed by atoms with Gasteiger partial charge in [0, 0.05) is 12.7 Å². The number of hydrogen-bond donors (Lipinski definition) is 2. The molecular weight excluding hydrogens is 632 g/mol. The van der Waals surface area contributed by atoms with Gasteiger partial charge in [0.05, 0.1) is 30.2 Å². The minimum absolute atomic E-state index is 0.0118. The molecule has 6 rings (SSSR count). The zero-order valence-electron chi connectivity index (χ0n) is 29.0. The lowest BCUT2D eigenvalue weighted by atomic mass is 9.43. The van der Waals surface area contributed by atoms with Crippen LogP contribution in [-0.4, -0.2) is 62.4 Å². The minimum atomic E-state index is -4.55. The van der Waals surface area contributed by atoms with E-state index in [1.165, 1.54) is 11.9 Å². The Morgan fingerprint density at radius 2 is 1.78 bits per heavy atom. The third kappa shape index (κ3) is 8.06. The standard InChI is InChI=1S/C37H46BF3N4O4/c1-23(2)15-26(21-42)34(47)45(6)28-14-10-13-25(16-28)17-29(43-22-37(39,40)41)33(46)44-32(18-24-11-8-7-9-12-24)38-48-31-20-27-19-30(35(27,3)4)36(31,5)49-38/h7-16,23,27,29-32,43H,17-20,22H2,1-6H3,(H,44,46)/t27-,29?,30-,31+,32?,36-/m0/s1. The fraction of sp³-hybridized carbons (Fsp3) is 0.541. The molecule has 2 amide bonds. The first-order chi connectivity index (χ1) is 23.0. The van der Waals surface area contributed by atoms with E-state index in [0.717, 1.165) is 18.4 Å². The number of rotatable bonds is 12. The fourth-order valence-corrected chi connectivity index (χ4v) is 7.85. The number of carbonyl (C=O) groups excluding carboxylic acids is 2. The largest absolute Gasteiger partial charge is 0.482 e. The first-order valence-electron chi connectivity index (χ1n) is 17.0. The highest BCUT2D eigenvalue weighted by molar-refractivity contribution is 6.48. The molecule has 0 spiro atoms. The number of likely N-dealkylation sites (N-methyl/N-ethyl adjacent to an activating group) is 1. The summed E-state index contributed by atoms with van der Waals surface area (Å²) in [7, 11) is 0.742. The van der Waals surface area contributed by atoms with Crippen LogP contribution >= 0.6 is 0 Å². The van der Waals surface area contributed by atoms with Gasteiger partial charge in [-0.2, -0.15) is 18.4 Å². The van der Waals surface area contributed by atoms with Gasteiger partial charge in [0.2, 0.25) is 5.91 Å². The van der Waals surface area contributed by atoms with E-state index in [1.807, 2.05) is 50.2 Å². The number of anilines is 1. The summed E-state index contributed by atoms with van der Waals surface area (Å²) in [4.78, 5) is 28.4. The zero-order chi connectivity index (χ0) is 35.7. The van der Waals surface area contributed by atoms with Gasteiger partial charge < -0.3 is 19.5 Å². The van der Waals surface area contributed by atoms with Crippen LogP contribution in [0.3, 0.4) is 0 Å². The minimum Gasteiger partial charge on any atom is -0.404 e. The summed E-state index contributed by atoms with van der Waals surface area (Å²) >= 11 is 0. The Morgan fingerprint density at radius 1 is 1.08 bits per heavy atom. The van der Waals surface area contributed by atoms with Gasteiger partial charge in [-0.05, 0) is 79.0 Å². The lowest BCUT2D eigenvalue weighted by Gasteiger charge is -2.64. The summed E-state index contributed by atoms with van der Waals surface area (Å²) in [5.74, 6) is -0.992. The molecule has 12 heteroatoms. The zero-order valence-corrected chi connectivity index (χ0v) is 29.0. The molecule has 49 heavy (non-hydrogen) atoms. The predicted molar refractivity (Wildman–Crippen MR) is 182 cm³/mol. The highest BCUT2D eigenvalue weighted by Gasteiger charge is 2.68. The van der Waals surface area contributed by atoms with Crippen molar-refractivity contribution in [2.24, 2.45) is 23.2 Å². The molecule has 6 atom stereocenters. The highest BCUT2D eigenvalue weighted by Crippen LogP contribution is 2.65. The van der Waals surface area contributed by atoms with Crippen molar-refractivity contribution in [2.45, 2.75) is 90.2 Å². The number of nitrogens with zero attached hydrogens (tertiary/aromatic N) is 2. The molecule has 262 valence electrons. The van der Waals surface area contributed by atoms with Crippen LogP contribution in [-0.2, 0) is 31.7 Å². The van der Waals surface area contributed by atoms with E-state index in [0.29, 0.717) is 29.5 Å². The summed E-state index contributed by atoms with van der Waals surface area (Å²) in [6.07, 6.45) is -0.932. The van der Waals surface area contributed by atoms with Crippen LogP contribution < -0.4 is 15.5 Å². The number of benzene rings is 2. The van der Waals surface area contributed by atoms with Crippen LogP contribution in [0, 0.1) is 34.5 Å². The van der Waals surface area contributed by atoms with E-state index >= 15 is 0 Å². The molecule has 3 aliphatic carbocycles. The molecule has 2 N–H and O–H groups in total. The van der Waals surface area contributed by atoms with Crippen LogP contribution in [0.25, 0.3) is 0 Å². The number of alkyl halides is 3. The Hall–Kier alpha value is -3.66. The van der Waals surface area contributed by atoms with Gasteiger partial charge in [-0.1, -0.05) is 76.2 Å². The molecule has 4 aliphatic rings. The molecule has 1 saturated heterocycles. The Labute approximate surface area is 287 Å². The first kappa shape index (κ1) is 36.6. The van der Waals surface area contributed by atoms with Crippen LogP contribution in [0.1, 0.15) is 58.6 Å². The molecule has 1 aliphatic heterocycles. The second kappa shape index (κ2) is 14.3. The number of carbonyl (C=O) groups is 2. The van der Waals surface area contributed by atoms with Crippen molar-refractivity contribution in [3.63, 3.8) is 0 Å². The third-order valence-electron chi connectivity index (χ3n) is 10.7. The van der Waals surface area contributed by atoms with E-state index in [4.69, 9.17) is 9.31 Å². The molecule has 2 aromatic rings. The molecule has 2 bridgehead atoms. The average Bonchev–Trinajstić information content (AvgIpc) is 3.42. The lowest BCUT2D eigenvalue weighted by molar-refractivity contribution is -0.199. The maximum absolute atomic E-state index is 14.0. The molecule has 1 heterocycles. The number of amides is 2. The van der Waals surface area contributed by atoms with Crippen molar-refractivity contribution in [1.82, 2.24) is 10.6 Å². The van der Waals surface area contributed by atoms with Crippen LogP contribution in [0.15, 0.2) is 66.2 Å². The quantitative estimate of drug-likeness (QED) is 0.167. The van der Waals surface area contributed by atoms with Gasteiger partial charge >= 0.3 is 13.3 Å². The van der Waals surface area contributed by atoms with E-state index in [1.54, 1.807) is 30.3 Å². The Kier molecular flexibility index (Phi) is 10.7. The van der Waals surface area contributed by atoms with E-state index in [-0.39, 0.29) is 29.4 Å². The summed E-state index contributed by atoms with van der Waals surface area (Å²) < 4.78 is 53.7. The summed E-state index contributed by atoms with van der Waals surface area (Å²) in [5.41, 5.74) is 1.47. The highest BCUT2D eigenvalue weighted by atomic mass is 19.4. The van der Waals surface area contributed by atoms with Gasteiger partial charge in [0.25, 0.3) is 5.91 Å². The first-order valence-corrected chi connectivity index (χ1v) is 17.0. The average molecular weight is 679 g/mol. The predicted octanol–water partition coefficient (Wildman–Crippen LogP) is 5.81. The summed E-state index contributed by atoms with van der Waals surface area (Å²) in [6, 6.07) is 16.9. The topological polar surface area (TPSA) is 104 Å². The van der Waals surface area contributed by atoms with Crippen molar-refractivity contribution in [2.75, 3.05) is 18.5 Å². The van der Waals surface area contributed by atoms with E-state index in [9.17, 15) is 28.0 Å². The van der Waals surface area contributed by atoms with Crippen molar-refractivity contribution in [3.05, 3.63) is 77.4 Å². The number of nitriles is 1. The van der Waals surface area contributed by atoms with Crippen LogP contribution in [0.4, 0.5) is 18.9 Å². The van der Waals surface area contributed by atoms with Gasteiger partial charge in [0.15, 0.2) is 0 Å². The number of halogens is 3. The number of nitrogens with one attached hydrogen (secondary N) is 2. The summed E-state index contributed by atoms with van der Waals surface area (Å²) in [6.45, 7) is 8.95. The molecular formula is C37H46BF3N4O4. The van der Waals surface area contributed by atoms with Gasteiger partial charge in [-0.3, -0.25) is 14.9 Å². The van der Waals surface area contributed by atoms with Crippen molar-refractivity contribution in [3.8, 4) is 6.07 Å². The summed E-state index contributed by atoms with van der Waals surface area (Å²) in [5, 5.41) is 15.0. The second-order valence-electron chi connectivity index (χ2n) is 14.9. The molecule has 0 radical (unpaired) electrons. The normalized spacial score (nSPS) is 25.5. The van der Waals surface area contributed by atoms with Gasteiger partial charge in [-0.15, -0.1) is 0 Å². The van der Waals surface area contributed by atoms with Crippen molar-refractivity contribution in [1.29, 1.82) is 5.26 Å². The smallest absolute Gasteiger partial charge is 0.404 e. The van der Waals surface area contributed by atoms with Crippen molar-refractivity contribution < 1.29 is 32.1 Å². The second-order valence-corrected chi connectivity index (χ2v) is 14.9. The number of allylic oxidation sites excluding steroid dienone is 1. The Morgan fingerprint density at radius 3 is 2.41 bits per heavy atom. The molecule has 3 saturated carbocycles. The number of hydrogen-bond acceptors (Lipinski definition) is 6. The monoisotopic (exact) mass is 678 g/mol. The van der Waals surface area contributed by atoms with Gasteiger partial charge in [-0.25, -0.2) is 0 Å². The maximum Gasteiger partial charge on any atom is 0.482 e. The molecule has 8 nitrogen and oxygen atoms in total. The lowest BCUT2D eigenvalue weighted by Crippen LogP contribution is -2.65. The van der Waals surface area contributed by atoms with Crippen molar-refractivity contribution >= 4 is 24.6 Å².